The van der Waals surface area contributed by atoms with Gasteiger partial charge in [0.1, 0.15) is 5.75 Å². The molecule has 2 aromatic rings. The molecular formula is C25H31N3O4. The number of aliphatic hydroxyl groups is 1. The summed E-state index contributed by atoms with van der Waals surface area (Å²) < 4.78 is 10.7. The van der Waals surface area contributed by atoms with Gasteiger partial charge in [-0.15, -0.1) is 0 Å². The Bertz CT molecular complexity index is 958. The SMILES string of the molecule is COc1ccc(-c2ccc3c(c2)[C@@H]2[C@@H](CCN2C(=O)CN2CCOCC2)[C@@H](CO)N3)cc1. The quantitative estimate of drug-likeness (QED) is 0.748. The fourth-order valence-electron chi connectivity index (χ4n) is 5.35. The van der Waals surface area contributed by atoms with Crippen LogP contribution in [-0.4, -0.2) is 80.0 Å². The van der Waals surface area contributed by atoms with Crippen LogP contribution in [0.5, 0.6) is 5.75 Å². The number of ether oxygens (including phenoxy) is 2. The van der Waals surface area contributed by atoms with Crippen molar-refractivity contribution >= 4 is 11.6 Å². The molecule has 1 amide bonds. The van der Waals surface area contributed by atoms with Gasteiger partial charge in [0, 0.05) is 31.2 Å². The largest absolute Gasteiger partial charge is 0.497 e. The summed E-state index contributed by atoms with van der Waals surface area (Å²) in [6.07, 6.45) is 0.893. The summed E-state index contributed by atoms with van der Waals surface area (Å²) in [6, 6.07) is 14.4. The molecule has 170 valence electrons. The number of nitrogens with zero attached hydrogens (tertiary/aromatic N) is 2. The zero-order valence-electron chi connectivity index (χ0n) is 18.5. The Kier molecular flexibility index (Phi) is 6.04. The number of hydrogen-bond donors (Lipinski definition) is 2. The molecule has 3 aliphatic heterocycles. The Balaban J connectivity index is 1.45. The Morgan fingerprint density at radius 3 is 2.59 bits per heavy atom. The van der Waals surface area contributed by atoms with Crippen LogP contribution in [0, 0.1) is 5.92 Å². The van der Waals surface area contributed by atoms with Crippen LogP contribution in [-0.2, 0) is 9.53 Å². The number of anilines is 1. The smallest absolute Gasteiger partial charge is 0.237 e. The molecule has 0 unspecified atom stereocenters. The van der Waals surface area contributed by atoms with E-state index in [-0.39, 0.29) is 30.5 Å². The molecule has 0 spiro atoms. The molecule has 0 aliphatic carbocycles. The second-order valence-corrected chi connectivity index (χ2v) is 8.84. The number of aliphatic hydroxyl groups excluding tert-OH is 1. The lowest BCUT2D eigenvalue weighted by molar-refractivity contribution is -0.134. The number of carbonyl (C=O) groups is 1. The van der Waals surface area contributed by atoms with Crippen molar-refractivity contribution in [2.24, 2.45) is 5.92 Å². The molecule has 2 aromatic carbocycles. The number of nitrogens with one attached hydrogen (secondary N) is 1. The topological polar surface area (TPSA) is 74.3 Å². The van der Waals surface area contributed by atoms with Crippen molar-refractivity contribution in [3.05, 3.63) is 48.0 Å². The van der Waals surface area contributed by atoms with Gasteiger partial charge in [0.15, 0.2) is 0 Å². The number of hydrogen-bond acceptors (Lipinski definition) is 6. The summed E-state index contributed by atoms with van der Waals surface area (Å²) in [5, 5.41) is 13.6. The van der Waals surface area contributed by atoms with E-state index in [0.717, 1.165) is 54.2 Å². The number of likely N-dealkylation sites (tertiary alicyclic amines) is 1. The highest BCUT2D eigenvalue weighted by atomic mass is 16.5. The van der Waals surface area contributed by atoms with Crippen LogP contribution in [0.3, 0.4) is 0 Å². The fraction of sp³-hybridized carbons (Fsp3) is 0.480. The third-order valence-corrected chi connectivity index (χ3v) is 7.08. The van der Waals surface area contributed by atoms with Crippen molar-refractivity contribution in [3.8, 4) is 16.9 Å². The molecule has 7 nitrogen and oxygen atoms in total. The Labute approximate surface area is 188 Å². The maximum Gasteiger partial charge on any atom is 0.237 e. The van der Waals surface area contributed by atoms with E-state index < -0.39 is 0 Å². The van der Waals surface area contributed by atoms with Crippen molar-refractivity contribution in [2.45, 2.75) is 18.5 Å². The second kappa shape index (κ2) is 9.10. The van der Waals surface area contributed by atoms with Crippen molar-refractivity contribution in [1.82, 2.24) is 9.80 Å². The summed E-state index contributed by atoms with van der Waals surface area (Å²) >= 11 is 0. The zero-order chi connectivity index (χ0) is 22.1. The van der Waals surface area contributed by atoms with E-state index >= 15 is 0 Å². The minimum Gasteiger partial charge on any atom is -0.497 e. The van der Waals surface area contributed by atoms with E-state index in [1.165, 1.54) is 0 Å². The van der Waals surface area contributed by atoms with E-state index in [0.29, 0.717) is 19.8 Å². The van der Waals surface area contributed by atoms with Crippen LogP contribution in [0.1, 0.15) is 18.0 Å². The zero-order valence-corrected chi connectivity index (χ0v) is 18.5. The van der Waals surface area contributed by atoms with Gasteiger partial charge in [0.2, 0.25) is 5.91 Å². The molecule has 3 atom stereocenters. The van der Waals surface area contributed by atoms with Crippen LogP contribution in [0.2, 0.25) is 0 Å². The van der Waals surface area contributed by atoms with Gasteiger partial charge in [-0.05, 0) is 47.4 Å². The Hall–Kier alpha value is -2.61. The summed E-state index contributed by atoms with van der Waals surface area (Å²) in [6.45, 7) is 4.18. The highest BCUT2D eigenvalue weighted by Gasteiger charge is 2.45. The molecule has 0 radical (unpaired) electrons. The lowest BCUT2D eigenvalue weighted by atomic mass is 9.82. The first-order valence-corrected chi connectivity index (χ1v) is 11.4. The predicted molar refractivity (Wildman–Crippen MR) is 123 cm³/mol. The predicted octanol–water partition coefficient (Wildman–Crippen LogP) is 2.37. The molecule has 0 saturated carbocycles. The van der Waals surface area contributed by atoms with Crippen LogP contribution >= 0.6 is 0 Å². The van der Waals surface area contributed by atoms with Crippen LogP contribution in [0.4, 0.5) is 5.69 Å². The van der Waals surface area contributed by atoms with Gasteiger partial charge >= 0.3 is 0 Å². The summed E-state index contributed by atoms with van der Waals surface area (Å²) in [5.74, 6) is 1.20. The van der Waals surface area contributed by atoms with Crippen LogP contribution in [0.25, 0.3) is 11.1 Å². The van der Waals surface area contributed by atoms with Gasteiger partial charge in [0.05, 0.1) is 45.6 Å². The molecule has 0 aromatic heterocycles. The van der Waals surface area contributed by atoms with Crippen LogP contribution in [0.15, 0.2) is 42.5 Å². The van der Waals surface area contributed by atoms with Gasteiger partial charge in [-0.25, -0.2) is 0 Å². The molecule has 3 aliphatic rings. The lowest BCUT2D eigenvalue weighted by Gasteiger charge is -2.40. The number of rotatable bonds is 5. The summed E-state index contributed by atoms with van der Waals surface area (Å²) in [7, 11) is 1.67. The molecule has 2 saturated heterocycles. The molecule has 7 heteroatoms. The number of benzene rings is 2. The minimum absolute atomic E-state index is 0.0184. The molecular weight excluding hydrogens is 406 g/mol. The highest BCUT2D eigenvalue weighted by Crippen LogP contribution is 2.47. The standard InChI is InChI=1S/C25H31N3O4/c1-31-19-5-2-17(3-6-19)18-4-7-22-21(14-18)25-20(23(16-29)26-22)8-9-28(25)24(30)15-27-10-12-32-13-11-27/h2-7,14,20,23,25-26,29H,8-13,15-16H2,1H3/t20-,23+,25-/m0/s1. The van der Waals surface area contributed by atoms with E-state index in [1.807, 2.05) is 17.0 Å². The number of fused-ring (bicyclic) bond motifs is 3. The fourth-order valence-corrected chi connectivity index (χ4v) is 5.35. The van der Waals surface area contributed by atoms with Crippen molar-refractivity contribution < 1.29 is 19.4 Å². The summed E-state index contributed by atoms with van der Waals surface area (Å²) in [4.78, 5) is 17.6. The van der Waals surface area contributed by atoms with Gasteiger partial charge in [-0.3, -0.25) is 9.69 Å². The van der Waals surface area contributed by atoms with E-state index in [1.54, 1.807) is 7.11 Å². The molecule has 2 fully saturated rings. The average Bonchev–Trinajstić information content (AvgIpc) is 3.30. The lowest BCUT2D eigenvalue weighted by Crippen LogP contribution is -2.47. The molecule has 3 heterocycles. The third-order valence-electron chi connectivity index (χ3n) is 7.08. The Morgan fingerprint density at radius 1 is 1.12 bits per heavy atom. The van der Waals surface area contributed by atoms with E-state index in [4.69, 9.17) is 9.47 Å². The Morgan fingerprint density at radius 2 is 1.88 bits per heavy atom. The van der Waals surface area contributed by atoms with Crippen molar-refractivity contribution in [2.75, 3.05) is 58.4 Å². The van der Waals surface area contributed by atoms with Crippen LogP contribution < -0.4 is 10.1 Å². The highest BCUT2D eigenvalue weighted by molar-refractivity contribution is 5.80. The molecule has 0 bridgehead atoms. The van der Waals surface area contributed by atoms with E-state index in [2.05, 4.69) is 40.5 Å². The van der Waals surface area contributed by atoms with Gasteiger partial charge < -0.3 is 24.8 Å². The van der Waals surface area contributed by atoms with Gasteiger partial charge in [-0.2, -0.15) is 0 Å². The summed E-state index contributed by atoms with van der Waals surface area (Å²) in [5.41, 5.74) is 4.37. The van der Waals surface area contributed by atoms with Gasteiger partial charge in [-0.1, -0.05) is 18.2 Å². The monoisotopic (exact) mass is 437 g/mol. The first-order valence-electron chi connectivity index (χ1n) is 11.4. The number of methoxy groups -OCH3 is 1. The van der Waals surface area contributed by atoms with Gasteiger partial charge in [0.25, 0.3) is 0 Å². The first-order chi connectivity index (χ1) is 15.7. The van der Waals surface area contributed by atoms with E-state index in [9.17, 15) is 9.90 Å². The minimum atomic E-state index is -0.0412. The first kappa shape index (κ1) is 21.2. The third kappa shape index (κ3) is 3.96. The molecule has 32 heavy (non-hydrogen) atoms. The molecule has 5 rings (SSSR count). The number of amides is 1. The average molecular weight is 438 g/mol. The molecule has 2 N–H and O–H groups in total. The maximum absolute atomic E-state index is 13.3. The second-order valence-electron chi connectivity index (χ2n) is 8.84. The normalized spacial score (nSPS) is 25.1. The number of morpholine rings is 1. The van der Waals surface area contributed by atoms with Crippen molar-refractivity contribution in [3.63, 3.8) is 0 Å². The maximum atomic E-state index is 13.3. The number of carbonyl (C=O) groups excluding carboxylic acids is 1. The van der Waals surface area contributed by atoms with Crippen molar-refractivity contribution in [1.29, 1.82) is 0 Å².